The van der Waals surface area contributed by atoms with Crippen LogP contribution in [0, 0.1) is 0 Å². The molecule has 0 unspecified atom stereocenters. The lowest BCUT2D eigenvalue weighted by Crippen LogP contribution is -2.40. The average molecular weight is 364 g/mol. The number of ether oxygens (including phenoxy) is 2. The Balaban J connectivity index is 1.61. The number of nitrogens with one attached hydrogen (secondary N) is 1. The molecule has 0 aromatic heterocycles. The molecule has 0 saturated carbocycles. The van der Waals surface area contributed by atoms with E-state index in [4.69, 9.17) is 9.47 Å². The number of phenols is 1. The molecular weight excluding hydrogens is 350 g/mol. The molecule has 114 valence electrons. The molecule has 22 heavy (non-hydrogen) atoms. The molecule has 2 N–H and O–H groups in total. The van der Waals surface area contributed by atoms with Crippen molar-refractivity contribution in [3.63, 3.8) is 0 Å². The molecule has 0 radical (unpaired) electrons. The monoisotopic (exact) mass is 363 g/mol. The lowest BCUT2D eigenvalue weighted by Gasteiger charge is -2.26. The number of para-hydroxylation sites is 2. The van der Waals surface area contributed by atoms with Crippen molar-refractivity contribution in [2.24, 2.45) is 0 Å². The minimum absolute atomic E-state index is 0.0631. The highest BCUT2D eigenvalue weighted by Crippen LogP contribution is 2.30. The summed E-state index contributed by atoms with van der Waals surface area (Å²) >= 11 is 3.27. The van der Waals surface area contributed by atoms with Crippen LogP contribution >= 0.6 is 15.9 Å². The van der Waals surface area contributed by atoms with E-state index in [1.807, 2.05) is 24.3 Å². The Labute approximate surface area is 136 Å². The predicted octanol–water partition coefficient (Wildman–Crippen LogP) is 2.72. The van der Waals surface area contributed by atoms with E-state index >= 15 is 0 Å². The number of hydrogen-bond donors (Lipinski definition) is 2. The van der Waals surface area contributed by atoms with Gasteiger partial charge in [-0.25, -0.2) is 0 Å². The number of rotatable bonds is 3. The van der Waals surface area contributed by atoms with E-state index in [0.717, 1.165) is 4.47 Å². The highest BCUT2D eigenvalue weighted by Gasteiger charge is 2.21. The van der Waals surface area contributed by atoms with Crippen molar-refractivity contribution < 1.29 is 19.4 Å². The van der Waals surface area contributed by atoms with Gasteiger partial charge in [0.05, 0.1) is 12.1 Å². The third-order valence-electron chi connectivity index (χ3n) is 3.26. The minimum Gasteiger partial charge on any atom is -0.507 e. The smallest absolute Gasteiger partial charge is 0.255 e. The molecule has 1 amide bonds. The Kier molecular flexibility index (Phi) is 4.20. The molecular formula is C16H14BrNO4. The molecule has 6 heteroatoms. The molecule has 2 aromatic rings. The summed E-state index contributed by atoms with van der Waals surface area (Å²) in [6.45, 7) is 0.654. The van der Waals surface area contributed by atoms with Gasteiger partial charge in [0.1, 0.15) is 18.5 Å². The number of amides is 1. The number of fused-ring (bicyclic) bond motifs is 1. The van der Waals surface area contributed by atoms with Crippen LogP contribution < -0.4 is 14.8 Å². The minimum atomic E-state index is -0.360. The van der Waals surface area contributed by atoms with Crippen molar-refractivity contribution in [2.75, 3.05) is 13.2 Å². The summed E-state index contributed by atoms with van der Waals surface area (Å²) in [5, 5.41) is 12.5. The zero-order chi connectivity index (χ0) is 15.5. The van der Waals surface area contributed by atoms with Gasteiger partial charge in [0, 0.05) is 4.47 Å². The first kappa shape index (κ1) is 14.7. The normalized spacial score (nSPS) is 16.1. The third kappa shape index (κ3) is 3.17. The maximum Gasteiger partial charge on any atom is 0.255 e. The van der Waals surface area contributed by atoms with Crippen molar-refractivity contribution in [1.29, 1.82) is 0 Å². The quantitative estimate of drug-likeness (QED) is 0.879. The van der Waals surface area contributed by atoms with Crippen LogP contribution in [0.25, 0.3) is 0 Å². The average Bonchev–Trinajstić information content (AvgIpc) is 2.54. The Bertz CT molecular complexity index is 704. The summed E-state index contributed by atoms with van der Waals surface area (Å²) in [6.07, 6.45) is -0.270. The van der Waals surface area contributed by atoms with Crippen LogP contribution in [-0.4, -0.2) is 30.3 Å². The van der Waals surface area contributed by atoms with Crippen LogP contribution in [0.15, 0.2) is 46.9 Å². The number of aromatic hydroxyl groups is 1. The molecule has 1 atom stereocenters. The molecule has 5 nitrogen and oxygen atoms in total. The van der Waals surface area contributed by atoms with E-state index < -0.39 is 0 Å². The highest BCUT2D eigenvalue weighted by molar-refractivity contribution is 9.10. The lowest BCUT2D eigenvalue weighted by atomic mass is 10.2. The van der Waals surface area contributed by atoms with Crippen LogP contribution in [0.5, 0.6) is 17.2 Å². The number of carbonyl (C=O) groups excluding carboxylic acids is 1. The number of phenolic OH excluding ortho intramolecular Hbond substituents is 1. The van der Waals surface area contributed by atoms with Gasteiger partial charge in [0.15, 0.2) is 11.5 Å². The molecule has 2 aromatic carbocycles. The van der Waals surface area contributed by atoms with Crippen molar-refractivity contribution in [3.8, 4) is 17.2 Å². The fraction of sp³-hybridized carbons (Fsp3) is 0.188. The van der Waals surface area contributed by atoms with Crippen LogP contribution in [0.1, 0.15) is 10.4 Å². The zero-order valence-electron chi connectivity index (χ0n) is 11.6. The highest BCUT2D eigenvalue weighted by atomic mass is 79.9. The topological polar surface area (TPSA) is 67.8 Å². The van der Waals surface area contributed by atoms with E-state index in [1.165, 1.54) is 6.07 Å². The van der Waals surface area contributed by atoms with Gasteiger partial charge in [-0.1, -0.05) is 28.1 Å². The summed E-state index contributed by atoms with van der Waals surface area (Å²) in [5.41, 5.74) is 0.214. The molecule has 0 bridgehead atoms. The summed E-state index contributed by atoms with van der Waals surface area (Å²) in [7, 11) is 0. The number of benzene rings is 2. The second-order valence-corrected chi connectivity index (χ2v) is 5.78. The van der Waals surface area contributed by atoms with E-state index in [9.17, 15) is 9.90 Å². The Morgan fingerprint density at radius 1 is 1.27 bits per heavy atom. The van der Waals surface area contributed by atoms with Crippen LogP contribution in [0.2, 0.25) is 0 Å². The largest absolute Gasteiger partial charge is 0.507 e. The van der Waals surface area contributed by atoms with Crippen molar-refractivity contribution >= 4 is 21.8 Å². The van der Waals surface area contributed by atoms with Crippen LogP contribution in [0.4, 0.5) is 0 Å². The molecule has 0 aliphatic carbocycles. The molecule has 0 spiro atoms. The predicted molar refractivity (Wildman–Crippen MR) is 84.5 cm³/mol. The van der Waals surface area contributed by atoms with E-state index in [2.05, 4.69) is 21.2 Å². The summed E-state index contributed by atoms with van der Waals surface area (Å²) in [5.74, 6) is 0.945. The molecule has 1 heterocycles. The second-order valence-electron chi connectivity index (χ2n) is 4.87. The van der Waals surface area contributed by atoms with Gasteiger partial charge in [-0.3, -0.25) is 4.79 Å². The Hall–Kier alpha value is -2.21. The molecule has 0 saturated heterocycles. The standard InChI is InChI=1S/C16H14BrNO4/c17-10-5-6-13(19)12(7-10)16(20)18-8-11-9-21-14-3-1-2-4-15(14)22-11/h1-7,11,19H,8-9H2,(H,18,20)/t11-/m1/s1. The first-order chi connectivity index (χ1) is 10.6. The maximum absolute atomic E-state index is 12.1. The third-order valence-corrected chi connectivity index (χ3v) is 3.75. The zero-order valence-corrected chi connectivity index (χ0v) is 13.2. The number of carbonyl (C=O) groups is 1. The lowest BCUT2D eigenvalue weighted by molar-refractivity contribution is 0.0787. The first-order valence-electron chi connectivity index (χ1n) is 6.78. The summed E-state index contributed by atoms with van der Waals surface area (Å²) in [4.78, 5) is 12.1. The van der Waals surface area contributed by atoms with Crippen molar-refractivity contribution in [3.05, 3.63) is 52.5 Å². The molecule has 0 fully saturated rings. The summed E-state index contributed by atoms with van der Waals surface area (Å²) < 4.78 is 12.1. The van der Waals surface area contributed by atoms with E-state index in [0.29, 0.717) is 24.7 Å². The van der Waals surface area contributed by atoms with Gasteiger partial charge in [-0.15, -0.1) is 0 Å². The fourth-order valence-electron chi connectivity index (χ4n) is 2.16. The fourth-order valence-corrected chi connectivity index (χ4v) is 2.52. The Morgan fingerprint density at radius 3 is 2.86 bits per heavy atom. The molecule has 3 rings (SSSR count). The molecule has 1 aliphatic rings. The number of hydrogen-bond acceptors (Lipinski definition) is 4. The van der Waals surface area contributed by atoms with Gasteiger partial charge >= 0.3 is 0 Å². The van der Waals surface area contributed by atoms with Crippen molar-refractivity contribution in [1.82, 2.24) is 5.32 Å². The maximum atomic E-state index is 12.1. The van der Waals surface area contributed by atoms with Crippen LogP contribution in [-0.2, 0) is 0 Å². The second kappa shape index (κ2) is 6.27. The SMILES string of the molecule is O=C(NC[C@@H]1COc2ccccc2O1)c1cc(Br)ccc1O. The Morgan fingerprint density at radius 2 is 2.05 bits per heavy atom. The van der Waals surface area contributed by atoms with E-state index in [1.54, 1.807) is 12.1 Å². The number of halogens is 1. The van der Waals surface area contributed by atoms with Crippen molar-refractivity contribution in [2.45, 2.75) is 6.10 Å². The van der Waals surface area contributed by atoms with Gasteiger partial charge in [0.25, 0.3) is 5.91 Å². The van der Waals surface area contributed by atoms with Gasteiger partial charge in [-0.2, -0.15) is 0 Å². The van der Waals surface area contributed by atoms with Gasteiger partial charge in [-0.05, 0) is 30.3 Å². The first-order valence-corrected chi connectivity index (χ1v) is 7.58. The van der Waals surface area contributed by atoms with Crippen LogP contribution in [0.3, 0.4) is 0 Å². The van der Waals surface area contributed by atoms with Gasteiger partial charge < -0.3 is 19.9 Å². The van der Waals surface area contributed by atoms with Gasteiger partial charge in [0.2, 0.25) is 0 Å². The summed E-state index contributed by atoms with van der Waals surface area (Å²) in [6, 6.07) is 12.1. The van der Waals surface area contributed by atoms with E-state index in [-0.39, 0.29) is 23.3 Å². The molecule has 1 aliphatic heterocycles.